The normalized spacial score (nSPS) is 10.2. The van der Waals surface area contributed by atoms with Crippen LogP contribution in [0.3, 0.4) is 0 Å². The van der Waals surface area contributed by atoms with E-state index in [0.29, 0.717) is 11.5 Å². The number of anilines is 1. The van der Waals surface area contributed by atoms with E-state index in [1.165, 1.54) is 6.07 Å². The van der Waals surface area contributed by atoms with Crippen molar-refractivity contribution < 1.29 is 9.63 Å². The molecule has 2 rings (SSSR count). The van der Waals surface area contributed by atoms with Crippen LogP contribution in [0.1, 0.15) is 0 Å². The van der Waals surface area contributed by atoms with Crippen LogP contribution in [0, 0.1) is 0 Å². The quantitative estimate of drug-likeness (QED) is 0.679. The van der Waals surface area contributed by atoms with E-state index in [2.05, 4.69) is 10.1 Å². The Kier molecular flexibility index (Phi) is 1.63. The summed E-state index contributed by atoms with van der Waals surface area (Å²) in [4.78, 5) is 3.81. The predicted octanol–water partition coefficient (Wildman–Crippen LogP) is 1.02. The molecule has 3 N–H and O–H groups in total. The first kappa shape index (κ1) is 7.60. The summed E-state index contributed by atoms with van der Waals surface area (Å²) in [5, 5.41) is 12.6. The second-order valence-corrected chi connectivity index (χ2v) is 2.51. The van der Waals surface area contributed by atoms with Gasteiger partial charge < -0.3 is 15.4 Å². The predicted molar refractivity (Wildman–Crippen MR) is 45.8 cm³/mol. The standard InChI is InChI=1S/C8H7N3O2/c9-8-10-7(13-11-8)5-2-1-3-6(12)4-5/h1-4,12H,(H2,9,11). The number of aromatic hydroxyl groups is 1. The number of phenolic OH excluding ortho intramolecular Hbond substituents is 1. The van der Waals surface area contributed by atoms with E-state index < -0.39 is 0 Å². The summed E-state index contributed by atoms with van der Waals surface area (Å²) in [6.45, 7) is 0. The summed E-state index contributed by atoms with van der Waals surface area (Å²) in [5.41, 5.74) is 5.92. The van der Waals surface area contributed by atoms with Gasteiger partial charge in [-0.25, -0.2) is 0 Å². The molecule has 0 saturated heterocycles. The van der Waals surface area contributed by atoms with Crippen molar-refractivity contribution >= 4 is 5.95 Å². The fourth-order valence-electron chi connectivity index (χ4n) is 0.991. The molecule has 5 heteroatoms. The van der Waals surface area contributed by atoms with Gasteiger partial charge in [0.25, 0.3) is 11.8 Å². The Bertz CT molecular complexity index is 425. The lowest BCUT2D eigenvalue weighted by Crippen LogP contribution is -1.85. The zero-order valence-electron chi connectivity index (χ0n) is 6.64. The molecule has 1 heterocycles. The molecule has 0 radical (unpaired) electrons. The van der Waals surface area contributed by atoms with Gasteiger partial charge in [0.1, 0.15) is 5.75 Å². The van der Waals surface area contributed by atoms with Crippen molar-refractivity contribution in [2.45, 2.75) is 0 Å². The lowest BCUT2D eigenvalue weighted by atomic mass is 10.2. The van der Waals surface area contributed by atoms with E-state index >= 15 is 0 Å². The number of aromatic nitrogens is 2. The molecule has 0 aliphatic heterocycles. The summed E-state index contributed by atoms with van der Waals surface area (Å²) in [7, 11) is 0. The number of nitrogens with two attached hydrogens (primary N) is 1. The number of nitrogens with zero attached hydrogens (tertiary/aromatic N) is 2. The average molecular weight is 177 g/mol. The van der Waals surface area contributed by atoms with Gasteiger partial charge in [0, 0.05) is 5.56 Å². The Balaban J connectivity index is 2.46. The van der Waals surface area contributed by atoms with Gasteiger partial charge >= 0.3 is 0 Å². The van der Waals surface area contributed by atoms with E-state index in [4.69, 9.17) is 15.4 Å². The van der Waals surface area contributed by atoms with Crippen molar-refractivity contribution in [1.29, 1.82) is 0 Å². The first-order valence-electron chi connectivity index (χ1n) is 3.64. The molecular formula is C8H7N3O2. The van der Waals surface area contributed by atoms with Crippen molar-refractivity contribution in [2.75, 3.05) is 5.73 Å². The monoisotopic (exact) mass is 177 g/mol. The largest absolute Gasteiger partial charge is 0.508 e. The van der Waals surface area contributed by atoms with Gasteiger partial charge in [0.15, 0.2) is 0 Å². The number of hydrogen-bond donors (Lipinski definition) is 2. The molecule has 0 aliphatic carbocycles. The molecule has 0 unspecified atom stereocenters. The third-order valence-corrected chi connectivity index (χ3v) is 1.53. The third-order valence-electron chi connectivity index (χ3n) is 1.53. The van der Waals surface area contributed by atoms with E-state index in [0.717, 1.165) is 0 Å². The van der Waals surface area contributed by atoms with Crippen LogP contribution >= 0.6 is 0 Å². The van der Waals surface area contributed by atoms with Crippen LogP contribution in [0.2, 0.25) is 0 Å². The second kappa shape index (κ2) is 2.78. The topological polar surface area (TPSA) is 85.2 Å². The van der Waals surface area contributed by atoms with Crippen LogP contribution in [0.5, 0.6) is 5.75 Å². The highest BCUT2D eigenvalue weighted by Crippen LogP contribution is 2.21. The molecule has 0 spiro atoms. The summed E-state index contributed by atoms with van der Waals surface area (Å²) >= 11 is 0. The lowest BCUT2D eigenvalue weighted by molar-refractivity contribution is 0.432. The minimum Gasteiger partial charge on any atom is -0.508 e. The van der Waals surface area contributed by atoms with Crippen LogP contribution in [0.15, 0.2) is 28.8 Å². The van der Waals surface area contributed by atoms with Gasteiger partial charge in [-0.2, -0.15) is 4.98 Å². The Hall–Kier alpha value is -2.04. The summed E-state index contributed by atoms with van der Waals surface area (Å²) < 4.78 is 4.81. The number of rotatable bonds is 1. The van der Waals surface area contributed by atoms with Gasteiger partial charge in [-0.3, -0.25) is 0 Å². The zero-order valence-corrected chi connectivity index (χ0v) is 6.64. The number of benzene rings is 1. The molecule has 5 nitrogen and oxygen atoms in total. The smallest absolute Gasteiger partial charge is 0.261 e. The number of hydrogen-bond acceptors (Lipinski definition) is 5. The van der Waals surface area contributed by atoms with E-state index in [1.54, 1.807) is 18.2 Å². The molecule has 0 aliphatic rings. The molecule has 0 fully saturated rings. The summed E-state index contributed by atoms with van der Waals surface area (Å²) in [6, 6.07) is 6.51. The van der Waals surface area contributed by atoms with E-state index in [1.807, 2.05) is 0 Å². The maximum atomic E-state index is 9.16. The third kappa shape index (κ3) is 1.44. The molecule has 1 aromatic carbocycles. The molecule has 0 atom stereocenters. The van der Waals surface area contributed by atoms with Crippen LogP contribution < -0.4 is 5.73 Å². The van der Waals surface area contributed by atoms with Crippen LogP contribution in [-0.2, 0) is 0 Å². The highest BCUT2D eigenvalue weighted by Gasteiger charge is 2.06. The average Bonchev–Trinajstić information content (AvgIpc) is 2.52. The van der Waals surface area contributed by atoms with Crippen LogP contribution in [0.4, 0.5) is 5.95 Å². The highest BCUT2D eigenvalue weighted by atomic mass is 16.5. The minimum atomic E-state index is 0.0818. The zero-order chi connectivity index (χ0) is 9.26. The Morgan fingerprint density at radius 2 is 2.23 bits per heavy atom. The van der Waals surface area contributed by atoms with Crippen LogP contribution in [0.25, 0.3) is 11.5 Å². The summed E-state index contributed by atoms with van der Waals surface area (Å²) in [5.74, 6) is 0.529. The summed E-state index contributed by atoms with van der Waals surface area (Å²) in [6.07, 6.45) is 0. The molecule has 1 aromatic heterocycles. The van der Waals surface area contributed by atoms with Gasteiger partial charge in [-0.1, -0.05) is 6.07 Å². The maximum absolute atomic E-state index is 9.16. The van der Waals surface area contributed by atoms with Crippen molar-refractivity contribution in [1.82, 2.24) is 10.1 Å². The molecule has 13 heavy (non-hydrogen) atoms. The Labute approximate surface area is 73.8 Å². The molecule has 0 saturated carbocycles. The molecule has 0 bridgehead atoms. The first-order chi connectivity index (χ1) is 6.25. The van der Waals surface area contributed by atoms with Gasteiger partial charge in [0.2, 0.25) is 0 Å². The highest BCUT2D eigenvalue weighted by molar-refractivity contribution is 5.56. The molecule has 66 valence electrons. The van der Waals surface area contributed by atoms with Gasteiger partial charge in [-0.05, 0) is 23.4 Å². The van der Waals surface area contributed by atoms with Gasteiger partial charge in [0.05, 0.1) is 0 Å². The van der Waals surface area contributed by atoms with Crippen LogP contribution in [-0.4, -0.2) is 15.2 Å². The number of nitrogen functional groups attached to an aromatic ring is 1. The SMILES string of the molecule is Nc1noc(-c2cccc(O)c2)n1. The van der Waals surface area contributed by atoms with Crippen molar-refractivity contribution in [2.24, 2.45) is 0 Å². The van der Waals surface area contributed by atoms with E-state index in [9.17, 15) is 0 Å². The minimum absolute atomic E-state index is 0.0818. The van der Waals surface area contributed by atoms with Crippen molar-refractivity contribution in [3.63, 3.8) is 0 Å². The number of phenols is 1. The molecule has 0 amide bonds. The lowest BCUT2D eigenvalue weighted by Gasteiger charge is -1.93. The first-order valence-corrected chi connectivity index (χ1v) is 3.64. The fraction of sp³-hybridized carbons (Fsp3) is 0. The molecule has 2 aromatic rings. The van der Waals surface area contributed by atoms with E-state index in [-0.39, 0.29) is 11.7 Å². The Morgan fingerprint density at radius 3 is 2.85 bits per heavy atom. The Morgan fingerprint density at radius 1 is 1.38 bits per heavy atom. The maximum Gasteiger partial charge on any atom is 0.261 e. The van der Waals surface area contributed by atoms with Gasteiger partial charge in [-0.15, -0.1) is 0 Å². The van der Waals surface area contributed by atoms with Crippen molar-refractivity contribution in [3.05, 3.63) is 24.3 Å². The second-order valence-electron chi connectivity index (χ2n) is 2.51. The fourth-order valence-corrected chi connectivity index (χ4v) is 0.991. The van der Waals surface area contributed by atoms with Crippen molar-refractivity contribution in [3.8, 4) is 17.2 Å². The molecular weight excluding hydrogens is 170 g/mol.